The topological polar surface area (TPSA) is 67.4 Å². The minimum Gasteiger partial charge on any atom is -0.480 e. The van der Waals surface area contributed by atoms with E-state index >= 15 is 0 Å². The summed E-state index contributed by atoms with van der Waals surface area (Å²) < 4.78 is 6.09. The molecule has 0 aromatic heterocycles. The molecule has 0 aliphatic carbocycles. The molecule has 2 N–H and O–H groups in total. The van der Waals surface area contributed by atoms with Gasteiger partial charge in [-0.25, -0.2) is 0 Å². The van der Waals surface area contributed by atoms with Gasteiger partial charge >= 0.3 is 0 Å². The molecular weight excluding hydrogens is 376 g/mol. The number of anilines is 1. The van der Waals surface area contributed by atoms with E-state index in [0.717, 1.165) is 24.2 Å². The van der Waals surface area contributed by atoms with Crippen LogP contribution in [0.1, 0.15) is 75.7 Å². The van der Waals surface area contributed by atoms with Crippen LogP contribution in [0.25, 0.3) is 0 Å². The molecule has 3 unspecified atom stereocenters. The van der Waals surface area contributed by atoms with Crippen molar-refractivity contribution < 1.29 is 14.3 Å². The zero-order valence-corrected chi connectivity index (χ0v) is 18.7. The number of para-hydroxylation sites is 1. The Morgan fingerprint density at radius 1 is 0.900 bits per heavy atom. The molecule has 2 aromatic carbocycles. The zero-order valence-electron chi connectivity index (χ0n) is 18.7. The molecule has 0 radical (unpaired) electrons. The van der Waals surface area contributed by atoms with Crippen LogP contribution >= 0.6 is 0 Å². The SMILES string of the molecule is CCC(C)NC(=O)c1ccc(NC(=O)C(CC)Oc2ccccc2C(C)CC)cc1. The lowest BCUT2D eigenvalue weighted by Gasteiger charge is -2.21. The highest BCUT2D eigenvalue weighted by Crippen LogP contribution is 2.29. The first kappa shape index (κ1) is 23.5. The Kier molecular flexibility index (Phi) is 8.90. The Hall–Kier alpha value is -2.82. The number of carbonyl (C=O) groups excluding carboxylic acids is 2. The second kappa shape index (κ2) is 11.4. The molecule has 0 saturated heterocycles. The summed E-state index contributed by atoms with van der Waals surface area (Å²) in [6, 6.07) is 14.9. The van der Waals surface area contributed by atoms with E-state index in [1.165, 1.54) is 0 Å². The van der Waals surface area contributed by atoms with Crippen LogP contribution in [-0.4, -0.2) is 24.0 Å². The van der Waals surface area contributed by atoms with E-state index in [9.17, 15) is 9.59 Å². The molecular formula is C25H34N2O3. The molecule has 2 amide bonds. The minimum absolute atomic E-state index is 0.112. The zero-order chi connectivity index (χ0) is 22.1. The van der Waals surface area contributed by atoms with E-state index in [4.69, 9.17) is 4.74 Å². The summed E-state index contributed by atoms with van der Waals surface area (Å²) in [4.78, 5) is 25.0. The van der Waals surface area contributed by atoms with E-state index in [-0.39, 0.29) is 17.9 Å². The van der Waals surface area contributed by atoms with Gasteiger partial charge in [0, 0.05) is 17.3 Å². The van der Waals surface area contributed by atoms with Crippen molar-refractivity contribution in [3.8, 4) is 5.75 Å². The Bertz CT molecular complexity index is 833. The number of hydrogen-bond acceptors (Lipinski definition) is 3. The first-order valence-electron chi connectivity index (χ1n) is 10.9. The van der Waals surface area contributed by atoms with Gasteiger partial charge in [0.05, 0.1) is 0 Å². The largest absolute Gasteiger partial charge is 0.480 e. The highest BCUT2D eigenvalue weighted by Gasteiger charge is 2.21. The molecule has 0 aliphatic heterocycles. The molecule has 0 spiro atoms. The van der Waals surface area contributed by atoms with Crippen LogP contribution in [0.15, 0.2) is 48.5 Å². The average molecular weight is 411 g/mol. The Balaban J connectivity index is 2.05. The summed E-state index contributed by atoms with van der Waals surface area (Å²) in [6.07, 6.45) is 1.83. The quantitative estimate of drug-likeness (QED) is 0.541. The molecule has 0 heterocycles. The molecule has 0 fully saturated rings. The Labute approximate surface area is 180 Å². The number of rotatable bonds is 10. The van der Waals surface area contributed by atoms with Crippen molar-refractivity contribution >= 4 is 17.5 Å². The molecule has 162 valence electrons. The van der Waals surface area contributed by atoms with E-state index in [1.807, 2.05) is 39.0 Å². The second-order valence-electron chi connectivity index (χ2n) is 7.71. The van der Waals surface area contributed by atoms with Crippen molar-refractivity contribution in [2.24, 2.45) is 0 Å². The predicted molar refractivity (Wildman–Crippen MR) is 122 cm³/mol. The third-order valence-electron chi connectivity index (χ3n) is 5.40. The van der Waals surface area contributed by atoms with Crippen molar-refractivity contribution in [2.75, 3.05) is 5.32 Å². The summed E-state index contributed by atoms with van der Waals surface area (Å²) in [5, 5.41) is 5.83. The fraction of sp³-hybridized carbons (Fsp3) is 0.440. The van der Waals surface area contributed by atoms with Gasteiger partial charge in [-0.2, -0.15) is 0 Å². The maximum Gasteiger partial charge on any atom is 0.265 e. The smallest absolute Gasteiger partial charge is 0.265 e. The summed E-state index contributed by atoms with van der Waals surface area (Å²) in [5.74, 6) is 0.800. The highest BCUT2D eigenvalue weighted by molar-refractivity contribution is 5.97. The van der Waals surface area contributed by atoms with Crippen molar-refractivity contribution in [1.82, 2.24) is 5.32 Å². The molecule has 2 aromatic rings. The molecule has 2 rings (SSSR count). The molecule has 30 heavy (non-hydrogen) atoms. The molecule has 3 atom stereocenters. The van der Waals surface area contributed by atoms with Gasteiger partial charge in [-0.3, -0.25) is 9.59 Å². The lowest BCUT2D eigenvalue weighted by atomic mass is 9.98. The monoisotopic (exact) mass is 410 g/mol. The van der Waals surface area contributed by atoms with Gasteiger partial charge in [-0.15, -0.1) is 0 Å². The van der Waals surface area contributed by atoms with Crippen LogP contribution in [0.2, 0.25) is 0 Å². The van der Waals surface area contributed by atoms with Crippen molar-refractivity contribution in [3.05, 3.63) is 59.7 Å². The number of ether oxygens (including phenoxy) is 1. The third kappa shape index (κ3) is 6.34. The molecule has 0 saturated carbocycles. The van der Waals surface area contributed by atoms with Gasteiger partial charge in [0.1, 0.15) is 5.75 Å². The maximum absolute atomic E-state index is 12.8. The van der Waals surface area contributed by atoms with Crippen molar-refractivity contribution in [3.63, 3.8) is 0 Å². The van der Waals surface area contributed by atoms with E-state index in [2.05, 4.69) is 30.5 Å². The van der Waals surface area contributed by atoms with Gasteiger partial charge in [-0.1, -0.05) is 45.9 Å². The van der Waals surface area contributed by atoms with Crippen LogP contribution in [0, 0.1) is 0 Å². The van der Waals surface area contributed by atoms with E-state index in [0.29, 0.717) is 23.6 Å². The number of amides is 2. The standard InChI is InChI=1S/C25H34N2O3/c1-6-17(4)21-11-9-10-12-23(21)30-22(8-3)25(29)27-20-15-13-19(14-16-20)24(28)26-18(5)7-2/h9-18,22H,6-8H2,1-5H3,(H,26,28)(H,27,29). The van der Waals surface area contributed by atoms with Gasteiger partial charge in [0.2, 0.25) is 0 Å². The normalized spacial score (nSPS) is 13.8. The van der Waals surface area contributed by atoms with Crippen LogP contribution in [0.5, 0.6) is 5.75 Å². The lowest BCUT2D eigenvalue weighted by molar-refractivity contribution is -0.122. The van der Waals surface area contributed by atoms with Gasteiger partial charge in [0.25, 0.3) is 11.8 Å². The first-order chi connectivity index (χ1) is 14.4. The third-order valence-corrected chi connectivity index (χ3v) is 5.40. The molecule has 5 nitrogen and oxygen atoms in total. The second-order valence-corrected chi connectivity index (χ2v) is 7.71. The van der Waals surface area contributed by atoms with Crippen LogP contribution < -0.4 is 15.4 Å². The number of benzene rings is 2. The Morgan fingerprint density at radius 2 is 1.57 bits per heavy atom. The highest BCUT2D eigenvalue weighted by atomic mass is 16.5. The molecule has 0 bridgehead atoms. The fourth-order valence-electron chi connectivity index (χ4n) is 3.03. The number of nitrogens with one attached hydrogen (secondary N) is 2. The van der Waals surface area contributed by atoms with E-state index < -0.39 is 6.10 Å². The van der Waals surface area contributed by atoms with Crippen LogP contribution in [0.4, 0.5) is 5.69 Å². The van der Waals surface area contributed by atoms with Crippen LogP contribution in [0.3, 0.4) is 0 Å². The Morgan fingerprint density at radius 3 is 2.17 bits per heavy atom. The first-order valence-corrected chi connectivity index (χ1v) is 10.9. The number of hydrogen-bond donors (Lipinski definition) is 2. The van der Waals surface area contributed by atoms with Gasteiger partial charge in [-0.05, 0) is 68.0 Å². The van der Waals surface area contributed by atoms with E-state index in [1.54, 1.807) is 24.3 Å². The number of carbonyl (C=O) groups is 2. The van der Waals surface area contributed by atoms with Crippen LogP contribution in [-0.2, 0) is 4.79 Å². The summed E-state index contributed by atoms with van der Waals surface area (Å²) in [7, 11) is 0. The lowest BCUT2D eigenvalue weighted by Crippen LogP contribution is -2.33. The summed E-state index contributed by atoms with van der Waals surface area (Å²) in [6.45, 7) is 10.2. The molecule has 0 aliphatic rings. The maximum atomic E-state index is 12.8. The van der Waals surface area contributed by atoms with Crippen molar-refractivity contribution in [1.29, 1.82) is 0 Å². The summed E-state index contributed by atoms with van der Waals surface area (Å²) in [5.41, 5.74) is 2.32. The average Bonchev–Trinajstić information content (AvgIpc) is 2.77. The van der Waals surface area contributed by atoms with Gasteiger partial charge < -0.3 is 15.4 Å². The predicted octanol–water partition coefficient (Wildman–Crippen LogP) is 5.52. The summed E-state index contributed by atoms with van der Waals surface area (Å²) >= 11 is 0. The molecule has 5 heteroatoms. The minimum atomic E-state index is -0.594. The fourth-order valence-corrected chi connectivity index (χ4v) is 3.03. The van der Waals surface area contributed by atoms with Crippen molar-refractivity contribution in [2.45, 2.75) is 71.9 Å². The van der Waals surface area contributed by atoms with Gasteiger partial charge in [0.15, 0.2) is 6.10 Å².